The molecule has 1 atom stereocenters. The van der Waals surface area contributed by atoms with E-state index in [9.17, 15) is 10.1 Å². The van der Waals surface area contributed by atoms with E-state index < -0.39 is 0 Å². The van der Waals surface area contributed by atoms with Crippen LogP contribution in [-0.2, 0) is 6.54 Å². The van der Waals surface area contributed by atoms with Gasteiger partial charge in [0.25, 0.3) is 5.69 Å². The Morgan fingerprint density at radius 3 is 2.88 bits per heavy atom. The van der Waals surface area contributed by atoms with Gasteiger partial charge in [0, 0.05) is 34.4 Å². The molecule has 0 heterocycles. The Kier molecular flexibility index (Phi) is 5.94. The average molecular weight is 319 g/mol. The van der Waals surface area contributed by atoms with Gasteiger partial charge >= 0.3 is 0 Å². The van der Waals surface area contributed by atoms with Gasteiger partial charge in [-0.15, -0.1) is 0 Å². The first-order valence-corrected chi connectivity index (χ1v) is 7.29. The number of nitrogens with one attached hydrogen (secondary N) is 1. The summed E-state index contributed by atoms with van der Waals surface area (Å²) >= 11 is 5.01. The predicted molar refractivity (Wildman–Crippen MR) is 75.5 cm³/mol. The Bertz CT molecular complexity index is 401. The smallest absolute Gasteiger partial charge is 0.275 e. The van der Waals surface area contributed by atoms with Crippen LogP contribution in [0, 0.1) is 10.1 Å². The summed E-state index contributed by atoms with van der Waals surface area (Å²) in [4.78, 5) is 10.5. The van der Waals surface area contributed by atoms with Crippen molar-refractivity contribution in [3.8, 4) is 0 Å². The number of halogens is 1. The van der Waals surface area contributed by atoms with E-state index in [4.69, 9.17) is 0 Å². The van der Waals surface area contributed by atoms with E-state index in [0.717, 1.165) is 11.0 Å². The van der Waals surface area contributed by atoms with E-state index in [2.05, 4.69) is 34.4 Å². The average Bonchev–Trinajstić information content (AvgIpc) is 2.30. The monoisotopic (exact) mass is 318 g/mol. The summed E-state index contributed by atoms with van der Waals surface area (Å²) in [6.07, 6.45) is 2.05. The second kappa shape index (κ2) is 6.98. The van der Waals surface area contributed by atoms with E-state index >= 15 is 0 Å². The van der Waals surface area contributed by atoms with Crippen LogP contribution in [0.25, 0.3) is 0 Å². The molecule has 0 fully saturated rings. The van der Waals surface area contributed by atoms with Crippen molar-refractivity contribution >= 4 is 33.4 Å². The second-order valence-corrected chi connectivity index (χ2v) is 5.90. The number of nitro groups is 1. The Labute approximate surface area is 113 Å². The molecule has 1 aromatic rings. The molecule has 0 aliphatic carbocycles. The quantitative estimate of drug-likeness (QED) is 0.646. The Morgan fingerprint density at radius 2 is 2.29 bits per heavy atom. The van der Waals surface area contributed by atoms with Crippen LogP contribution in [0.4, 0.5) is 5.69 Å². The van der Waals surface area contributed by atoms with Crippen molar-refractivity contribution in [3.05, 3.63) is 38.3 Å². The summed E-state index contributed by atoms with van der Waals surface area (Å²) < 4.78 is 0.727. The molecule has 0 aliphatic rings. The van der Waals surface area contributed by atoms with Crippen molar-refractivity contribution in [1.82, 2.24) is 5.32 Å². The lowest BCUT2D eigenvalue weighted by Crippen LogP contribution is -2.22. The second-order valence-electron chi connectivity index (χ2n) is 3.71. The van der Waals surface area contributed by atoms with Gasteiger partial charge in [0.2, 0.25) is 0 Å². The van der Waals surface area contributed by atoms with Crippen molar-refractivity contribution < 1.29 is 4.92 Å². The van der Waals surface area contributed by atoms with Gasteiger partial charge in [-0.25, -0.2) is 0 Å². The maximum absolute atomic E-state index is 10.9. The zero-order valence-corrected chi connectivity index (χ0v) is 12.2. The normalized spacial score (nSPS) is 12.4. The molecule has 1 unspecified atom stereocenters. The highest BCUT2D eigenvalue weighted by molar-refractivity contribution is 9.10. The fourth-order valence-corrected chi connectivity index (χ4v) is 1.98. The molecule has 94 valence electrons. The Balaban J connectivity index is 2.67. The highest BCUT2D eigenvalue weighted by atomic mass is 79.9. The molecular formula is C11H15BrN2O2S. The van der Waals surface area contributed by atoms with Crippen molar-refractivity contribution in [2.75, 3.05) is 12.8 Å². The summed E-state index contributed by atoms with van der Waals surface area (Å²) in [5, 5.41) is 14.6. The predicted octanol–water partition coefficient (Wildman–Crippen LogP) is 3.20. The molecule has 17 heavy (non-hydrogen) atoms. The number of thioether (sulfide) groups is 1. The summed E-state index contributed by atoms with van der Waals surface area (Å²) in [5.74, 6) is 0. The first-order valence-electron chi connectivity index (χ1n) is 5.21. The minimum atomic E-state index is -0.347. The molecule has 0 saturated carbocycles. The first kappa shape index (κ1) is 14.5. The first-order chi connectivity index (χ1) is 8.04. The summed E-state index contributed by atoms with van der Waals surface area (Å²) in [7, 11) is 0. The van der Waals surface area contributed by atoms with Crippen LogP contribution in [0.15, 0.2) is 22.7 Å². The number of benzene rings is 1. The third kappa shape index (κ3) is 4.65. The van der Waals surface area contributed by atoms with Gasteiger partial charge in [-0.3, -0.25) is 10.1 Å². The fourth-order valence-electron chi connectivity index (χ4n) is 1.35. The van der Waals surface area contributed by atoms with Gasteiger partial charge in [0.05, 0.1) is 4.92 Å². The molecule has 0 aliphatic heterocycles. The molecule has 6 heteroatoms. The molecule has 0 radical (unpaired) electrons. The van der Waals surface area contributed by atoms with E-state index in [0.29, 0.717) is 17.4 Å². The van der Waals surface area contributed by atoms with Crippen molar-refractivity contribution in [2.45, 2.75) is 18.7 Å². The SMILES string of the molecule is CSC(C)CNCc1ccc(Br)cc1[N+](=O)[O-]. The minimum Gasteiger partial charge on any atom is -0.311 e. The third-order valence-corrected chi connectivity index (χ3v) is 3.86. The standard InChI is InChI=1S/C11H15BrN2O2S/c1-8(17-2)6-13-7-9-3-4-10(12)5-11(9)14(15)16/h3-5,8,13H,6-7H2,1-2H3. The lowest BCUT2D eigenvalue weighted by atomic mass is 10.2. The summed E-state index contributed by atoms with van der Waals surface area (Å²) in [6.45, 7) is 3.48. The lowest BCUT2D eigenvalue weighted by molar-refractivity contribution is -0.385. The topological polar surface area (TPSA) is 55.2 Å². The van der Waals surface area contributed by atoms with Crippen LogP contribution in [0.5, 0.6) is 0 Å². The lowest BCUT2D eigenvalue weighted by Gasteiger charge is -2.10. The van der Waals surface area contributed by atoms with E-state index in [-0.39, 0.29) is 10.6 Å². The maximum atomic E-state index is 10.9. The number of nitro benzene ring substituents is 1. The van der Waals surface area contributed by atoms with Crippen LogP contribution >= 0.6 is 27.7 Å². The van der Waals surface area contributed by atoms with Crippen molar-refractivity contribution in [1.29, 1.82) is 0 Å². The van der Waals surface area contributed by atoms with E-state index in [1.54, 1.807) is 17.8 Å². The van der Waals surface area contributed by atoms with Crippen LogP contribution in [0.2, 0.25) is 0 Å². The molecule has 1 N–H and O–H groups in total. The number of rotatable bonds is 6. The Hall–Kier alpha value is -0.590. The van der Waals surface area contributed by atoms with Gasteiger partial charge in [-0.2, -0.15) is 11.8 Å². The highest BCUT2D eigenvalue weighted by Gasteiger charge is 2.13. The molecular weight excluding hydrogens is 304 g/mol. The fraction of sp³-hybridized carbons (Fsp3) is 0.455. The van der Waals surface area contributed by atoms with Crippen molar-refractivity contribution in [3.63, 3.8) is 0 Å². The van der Waals surface area contributed by atoms with Crippen LogP contribution in [-0.4, -0.2) is 23.0 Å². The molecule has 0 bridgehead atoms. The van der Waals surface area contributed by atoms with Gasteiger partial charge in [-0.05, 0) is 18.4 Å². The summed E-state index contributed by atoms with van der Waals surface area (Å²) in [6, 6.07) is 5.13. The highest BCUT2D eigenvalue weighted by Crippen LogP contribution is 2.23. The number of hydrogen-bond acceptors (Lipinski definition) is 4. The minimum absolute atomic E-state index is 0.156. The van der Waals surface area contributed by atoms with Crippen LogP contribution in [0.3, 0.4) is 0 Å². The zero-order valence-electron chi connectivity index (χ0n) is 9.77. The third-order valence-electron chi connectivity index (χ3n) is 2.39. The van der Waals surface area contributed by atoms with Gasteiger partial charge in [0.1, 0.15) is 0 Å². The Morgan fingerprint density at radius 1 is 1.59 bits per heavy atom. The van der Waals surface area contributed by atoms with Crippen LogP contribution in [0.1, 0.15) is 12.5 Å². The van der Waals surface area contributed by atoms with E-state index in [1.807, 2.05) is 6.07 Å². The van der Waals surface area contributed by atoms with Crippen molar-refractivity contribution in [2.24, 2.45) is 0 Å². The molecule has 1 rings (SSSR count). The van der Waals surface area contributed by atoms with Crippen LogP contribution < -0.4 is 5.32 Å². The molecule has 0 aromatic heterocycles. The maximum Gasteiger partial charge on any atom is 0.275 e. The van der Waals surface area contributed by atoms with Gasteiger partial charge in [0.15, 0.2) is 0 Å². The van der Waals surface area contributed by atoms with Gasteiger partial charge < -0.3 is 5.32 Å². The number of nitrogens with zero attached hydrogens (tertiary/aromatic N) is 1. The number of hydrogen-bond donors (Lipinski definition) is 1. The molecule has 4 nitrogen and oxygen atoms in total. The molecule has 0 saturated heterocycles. The largest absolute Gasteiger partial charge is 0.311 e. The molecule has 0 spiro atoms. The molecule has 1 aromatic carbocycles. The zero-order chi connectivity index (χ0) is 12.8. The molecule has 0 amide bonds. The van der Waals surface area contributed by atoms with Gasteiger partial charge in [-0.1, -0.05) is 22.9 Å². The summed E-state index contributed by atoms with van der Waals surface area (Å²) in [5.41, 5.74) is 0.871. The van der Waals surface area contributed by atoms with E-state index in [1.165, 1.54) is 6.07 Å².